The predicted molar refractivity (Wildman–Crippen MR) is 71.4 cm³/mol. The maximum atomic E-state index is 2.31. The third-order valence-electron chi connectivity index (χ3n) is 2.38. The highest BCUT2D eigenvalue weighted by atomic mass is 15.5. The van der Waals surface area contributed by atoms with Gasteiger partial charge in [0.05, 0.1) is 0 Å². The van der Waals surface area contributed by atoms with Crippen LogP contribution in [0.1, 0.15) is 0 Å². The van der Waals surface area contributed by atoms with E-state index in [1.54, 1.807) is 0 Å². The molecule has 0 bridgehead atoms. The third kappa shape index (κ3) is 4.17. The fourth-order valence-corrected chi connectivity index (χ4v) is 3.19. The second-order valence-electron chi connectivity index (χ2n) is 6.98. The Bertz CT molecular complexity index is 205. The van der Waals surface area contributed by atoms with Crippen molar-refractivity contribution in [3.63, 3.8) is 0 Å². The maximum absolute atomic E-state index is 2.31. The summed E-state index contributed by atoms with van der Waals surface area (Å²) in [6.45, 7) is 0. The highest BCUT2D eigenvalue weighted by molar-refractivity contribution is 6.47. The summed E-state index contributed by atoms with van der Waals surface area (Å²) in [7, 11) is 26.9. The Kier molecular flexibility index (Phi) is 3.37. The molecule has 0 aromatic rings. The smallest absolute Gasteiger partial charge is 0.347 e. The first-order chi connectivity index (χ1) is 6.83. The van der Waals surface area contributed by atoms with Crippen LogP contribution in [-0.2, 0) is 0 Å². The number of nitrogens with zero attached hydrogens (tertiary/aromatic N) is 4. The van der Waals surface area contributed by atoms with Crippen LogP contribution in [0.4, 0.5) is 0 Å². The van der Waals surface area contributed by atoms with Crippen molar-refractivity contribution in [2.75, 3.05) is 56.4 Å². The van der Waals surface area contributed by atoms with Crippen molar-refractivity contribution in [3.05, 3.63) is 0 Å². The van der Waals surface area contributed by atoms with Crippen molar-refractivity contribution in [2.45, 2.75) is 0 Å². The van der Waals surface area contributed by atoms with E-state index in [-0.39, 0.29) is 0 Å². The summed E-state index contributed by atoms with van der Waals surface area (Å²) in [5.74, 6) is 0. The summed E-state index contributed by atoms with van der Waals surface area (Å²) >= 11 is 0. The monoisotopic (exact) mass is 220 g/mol. The lowest BCUT2D eigenvalue weighted by molar-refractivity contribution is -0.890. The van der Waals surface area contributed by atoms with Gasteiger partial charge in [0.25, 0.3) is 0 Å². The van der Waals surface area contributed by atoms with E-state index in [2.05, 4.69) is 86.6 Å². The van der Waals surface area contributed by atoms with Crippen LogP contribution in [0, 0.1) is 0 Å². The zero-order valence-corrected chi connectivity index (χ0v) is 12.1. The normalized spacial score (nSPS) is 29.5. The molecule has 8 heteroatoms. The van der Waals surface area contributed by atoms with Crippen molar-refractivity contribution >= 4 is 30.2 Å². The van der Waals surface area contributed by atoms with Crippen LogP contribution in [0.25, 0.3) is 0 Å². The molecule has 1 fully saturated rings. The first kappa shape index (κ1) is 14.2. The summed E-state index contributed by atoms with van der Waals surface area (Å²) in [4.78, 5) is 0. The van der Waals surface area contributed by atoms with E-state index >= 15 is 0 Å². The Labute approximate surface area is 104 Å². The second-order valence-corrected chi connectivity index (χ2v) is 6.98. The first-order valence-electron chi connectivity index (χ1n) is 5.64. The molecular formula is C8H24B4N4+4. The molecule has 0 spiro atoms. The molecule has 0 unspecified atom stereocenters. The molecule has 0 aromatic heterocycles. The average molecular weight is 220 g/mol. The molecule has 4 nitrogen and oxygen atoms in total. The van der Waals surface area contributed by atoms with E-state index in [1.807, 2.05) is 0 Å². The van der Waals surface area contributed by atoms with E-state index in [1.165, 1.54) is 0 Å². The molecule has 0 amide bonds. The van der Waals surface area contributed by atoms with Gasteiger partial charge in [-0.1, -0.05) is 0 Å². The van der Waals surface area contributed by atoms with Gasteiger partial charge < -0.3 is 17.2 Å². The number of hydrogen-bond acceptors (Lipinski definition) is 0. The van der Waals surface area contributed by atoms with Crippen molar-refractivity contribution < 1.29 is 17.2 Å². The van der Waals surface area contributed by atoms with E-state index < -0.39 is 0 Å². The third-order valence-corrected chi connectivity index (χ3v) is 2.38. The van der Waals surface area contributed by atoms with E-state index in [9.17, 15) is 0 Å². The second kappa shape index (κ2) is 3.80. The lowest BCUT2D eigenvalue weighted by Gasteiger charge is -2.42. The van der Waals surface area contributed by atoms with Crippen LogP contribution in [0.3, 0.4) is 0 Å². The SMILES string of the molecule is C[N+]1(C)[B][N+](C)(C)[B][N+](C)(C)[B][N+](C)(C)[B]1. The molecule has 1 heterocycles. The molecule has 1 aliphatic rings. The molecule has 0 aromatic carbocycles. The predicted octanol–water partition coefficient (Wildman–Crippen LogP) is -1.56. The molecule has 0 saturated carbocycles. The molecule has 1 rings (SSSR count). The molecule has 1 saturated heterocycles. The zero-order valence-electron chi connectivity index (χ0n) is 12.1. The van der Waals surface area contributed by atoms with Gasteiger partial charge in [-0.15, -0.1) is 0 Å². The number of hydrogen-bond donors (Lipinski definition) is 0. The van der Waals surface area contributed by atoms with Crippen LogP contribution in [-0.4, -0.2) is 104 Å². The van der Waals surface area contributed by atoms with Crippen molar-refractivity contribution in [1.82, 2.24) is 0 Å². The Morgan fingerprint density at radius 3 is 0.625 bits per heavy atom. The van der Waals surface area contributed by atoms with Gasteiger partial charge in [-0.2, -0.15) is 0 Å². The van der Waals surface area contributed by atoms with Crippen LogP contribution in [0.5, 0.6) is 0 Å². The minimum atomic E-state index is 0.785. The van der Waals surface area contributed by atoms with Crippen molar-refractivity contribution in [1.29, 1.82) is 0 Å². The molecular weight excluding hydrogens is 195 g/mol. The van der Waals surface area contributed by atoms with E-state index in [4.69, 9.17) is 0 Å². The summed E-state index contributed by atoms with van der Waals surface area (Å²) in [6, 6.07) is 0. The largest absolute Gasteiger partial charge is 0.756 e. The van der Waals surface area contributed by atoms with Gasteiger partial charge >= 0.3 is 30.2 Å². The summed E-state index contributed by atoms with van der Waals surface area (Å²) in [5, 5.41) is 0. The lowest BCUT2D eigenvalue weighted by atomic mass is 9.67. The minimum absolute atomic E-state index is 0.785. The molecule has 1 aliphatic heterocycles. The fourth-order valence-electron chi connectivity index (χ4n) is 3.19. The quantitative estimate of drug-likeness (QED) is 0.433. The van der Waals surface area contributed by atoms with Gasteiger partial charge in [0, 0.05) is 56.4 Å². The highest BCUT2D eigenvalue weighted by Gasteiger charge is 2.61. The van der Waals surface area contributed by atoms with Gasteiger partial charge in [-0.25, -0.2) is 0 Å². The Morgan fingerprint density at radius 2 is 0.500 bits per heavy atom. The Hall–Kier alpha value is 0.0997. The van der Waals surface area contributed by atoms with Crippen molar-refractivity contribution in [2.24, 2.45) is 0 Å². The standard InChI is InChI=1S/C8H24B4N4/c1-13(2)9-14(3,4)11-16(7,8)12-15(5,6)10-13/h1-8H3/q+4. The highest BCUT2D eigenvalue weighted by Crippen LogP contribution is 2.13. The van der Waals surface area contributed by atoms with Crippen LogP contribution >= 0.6 is 0 Å². The van der Waals surface area contributed by atoms with Crippen LogP contribution in [0.2, 0.25) is 0 Å². The lowest BCUT2D eigenvalue weighted by Crippen LogP contribution is -2.78. The van der Waals surface area contributed by atoms with Gasteiger partial charge in [0.1, 0.15) is 0 Å². The number of rotatable bonds is 0. The summed E-state index contributed by atoms with van der Waals surface area (Å²) in [5.41, 5.74) is 0. The van der Waals surface area contributed by atoms with Gasteiger partial charge in [-0.05, 0) is 0 Å². The average Bonchev–Trinajstić information content (AvgIpc) is 1.67. The molecule has 4 radical (unpaired) electrons. The molecule has 0 N–H and O–H groups in total. The molecule has 0 atom stereocenters. The van der Waals surface area contributed by atoms with Gasteiger partial charge in [0.15, 0.2) is 0 Å². The van der Waals surface area contributed by atoms with E-state index in [0.29, 0.717) is 0 Å². The van der Waals surface area contributed by atoms with E-state index in [0.717, 1.165) is 17.2 Å². The topological polar surface area (TPSA) is 0 Å². The molecule has 84 valence electrons. The Morgan fingerprint density at radius 1 is 0.375 bits per heavy atom. The van der Waals surface area contributed by atoms with Crippen LogP contribution < -0.4 is 0 Å². The molecule has 16 heavy (non-hydrogen) atoms. The number of quaternary nitrogens is 4. The van der Waals surface area contributed by atoms with Gasteiger partial charge in [0.2, 0.25) is 0 Å². The zero-order chi connectivity index (χ0) is 12.8. The van der Waals surface area contributed by atoms with Crippen LogP contribution in [0.15, 0.2) is 0 Å². The van der Waals surface area contributed by atoms with Gasteiger partial charge in [-0.3, -0.25) is 0 Å². The maximum Gasteiger partial charge on any atom is 0.756 e. The molecule has 0 aliphatic carbocycles. The van der Waals surface area contributed by atoms with Crippen molar-refractivity contribution in [3.8, 4) is 0 Å². The Balaban J connectivity index is 2.98. The minimum Gasteiger partial charge on any atom is -0.347 e. The summed E-state index contributed by atoms with van der Waals surface area (Å²) < 4.78 is 3.14. The first-order valence-corrected chi connectivity index (χ1v) is 5.64. The summed E-state index contributed by atoms with van der Waals surface area (Å²) in [6.07, 6.45) is 0. The fraction of sp³-hybridized carbons (Fsp3) is 1.00.